The van der Waals surface area contributed by atoms with Crippen LogP contribution in [0.1, 0.15) is 47.9 Å². The molecular weight excluding hydrogens is 587 g/mol. The van der Waals surface area contributed by atoms with Gasteiger partial charge in [-0.1, -0.05) is 0 Å². The van der Waals surface area contributed by atoms with Gasteiger partial charge >= 0.3 is 6.18 Å². The number of piperazine rings is 1. The molecule has 0 spiro atoms. The summed E-state index contributed by atoms with van der Waals surface area (Å²) in [7, 11) is 3.37. The molecule has 5 heterocycles. The van der Waals surface area contributed by atoms with Crippen LogP contribution in [0.2, 0.25) is 0 Å². The van der Waals surface area contributed by atoms with Crippen molar-refractivity contribution in [2.45, 2.75) is 51.6 Å². The van der Waals surface area contributed by atoms with E-state index >= 15 is 0 Å². The molecule has 5 rings (SSSR count). The minimum Gasteiger partial charge on any atom is -0.380 e. The van der Waals surface area contributed by atoms with Gasteiger partial charge in [0.2, 0.25) is 5.91 Å². The average Bonchev–Trinajstić information content (AvgIpc) is 3.42. The van der Waals surface area contributed by atoms with Gasteiger partial charge in [-0.05, 0) is 62.6 Å². The average molecular weight is 630 g/mol. The van der Waals surface area contributed by atoms with E-state index in [2.05, 4.69) is 30.2 Å². The highest BCUT2D eigenvalue weighted by atomic mass is 19.4. The molecule has 0 aliphatic carbocycles. The molecule has 0 radical (unpaired) electrons. The van der Waals surface area contributed by atoms with Crippen LogP contribution in [0.5, 0.6) is 0 Å². The molecule has 2 aliphatic heterocycles. The molecule has 0 saturated carbocycles. The Hall–Kier alpha value is -3.68. The highest BCUT2D eigenvalue weighted by molar-refractivity contribution is 5.99. The summed E-state index contributed by atoms with van der Waals surface area (Å²) in [6.45, 7) is 6.59. The second-order valence-corrected chi connectivity index (χ2v) is 12.1. The van der Waals surface area contributed by atoms with Gasteiger partial charge in [-0.25, -0.2) is 4.98 Å². The number of anilines is 1. The first-order valence-electron chi connectivity index (χ1n) is 15.3. The molecule has 0 aromatic carbocycles. The molecular formula is C32H42F3N7O3. The fourth-order valence-electron chi connectivity index (χ4n) is 6.70. The van der Waals surface area contributed by atoms with E-state index in [0.29, 0.717) is 44.0 Å². The van der Waals surface area contributed by atoms with Crippen LogP contribution in [0.25, 0.3) is 16.6 Å². The Labute approximate surface area is 261 Å². The Balaban J connectivity index is 1.49. The monoisotopic (exact) mass is 629 g/mol. The summed E-state index contributed by atoms with van der Waals surface area (Å²) in [6, 6.07) is 7.51. The molecule has 3 N–H and O–H groups in total. The standard InChI is InChI=1S/C32H42F3N7O3/c1-19-14-27(45-5)25(31(44)39-19)17-38-30(43)24-16-26-23(22-6-8-37-28(15-22)36-4)7-9-42(26)29(20(24)2)21(3)41-12-10-40(11-13-41)18-32(33,34)35/h6-9,15-16,19,21,25,27H,10-14,17-18H2,1-5H3,(H,36,37)(H,38,43)(H,39,44)/t19?,21-,25?,27?/m0/s1. The van der Waals surface area contributed by atoms with Gasteiger partial charge < -0.3 is 25.1 Å². The van der Waals surface area contributed by atoms with Crippen molar-refractivity contribution >= 4 is 23.1 Å². The smallest absolute Gasteiger partial charge is 0.380 e. The molecule has 2 fully saturated rings. The number of hydrogen-bond donors (Lipinski definition) is 3. The Morgan fingerprint density at radius 1 is 1.20 bits per heavy atom. The largest absolute Gasteiger partial charge is 0.401 e. The zero-order valence-electron chi connectivity index (χ0n) is 26.4. The third kappa shape index (κ3) is 7.10. The Morgan fingerprint density at radius 3 is 2.60 bits per heavy atom. The zero-order chi connectivity index (χ0) is 32.5. The number of piperidine rings is 1. The fourth-order valence-corrected chi connectivity index (χ4v) is 6.70. The van der Waals surface area contributed by atoms with E-state index in [4.69, 9.17) is 4.74 Å². The lowest BCUT2D eigenvalue weighted by Crippen LogP contribution is -2.53. The minimum atomic E-state index is -4.24. The van der Waals surface area contributed by atoms with Crippen LogP contribution in [0, 0.1) is 12.8 Å². The molecule has 45 heavy (non-hydrogen) atoms. The number of rotatable bonds is 9. The quantitative estimate of drug-likeness (QED) is 0.331. The summed E-state index contributed by atoms with van der Waals surface area (Å²) in [4.78, 5) is 34.6. The third-order valence-corrected chi connectivity index (χ3v) is 9.12. The van der Waals surface area contributed by atoms with E-state index in [1.165, 1.54) is 4.90 Å². The Kier molecular flexibility index (Phi) is 9.71. The highest BCUT2D eigenvalue weighted by Gasteiger charge is 2.36. The summed E-state index contributed by atoms with van der Waals surface area (Å²) in [6.07, 6.45) is -0.200. The van der Waals surface area contributed by atoms with Crippen molar-refractivity contribution in [1.29, 1.82) is 0 Å². The number of carbonyl (C=O) groups excluding carboxylic acids is 2. The number of fused-ring (bicyclic) bond motifs is 1. The number of pyridine rings is 2. The van der Waals surface area contributed by atoms with Crippen LogP contribution < -0.4 is 16.0 Å². The molecule has 4 atom stereocenters. The van der Waals surface area contributed by atoms with E-state index in [9.17, 15) is 22.8 Å². The fraction of sp³-hybridized carbons (Fsp3) is 0.531. The molecule has 3 aromatic heterocycles. The summed E-state index contributed by atoms with van der Waals surface area (Å²) < 4.78 is 46.7. The van der Waals surface area contributed by atoms with Crippen LogP contribution in [0.3, 0.4) is 0 Å². The number of methoxy groups -OCH3 is 1. The number of hydrogen-bond acceptors (Lipinski definition) is 7. The number of ether oxygens (including phenoxy) is 1. The number of amides is 2. The van der Waals surface area contributed by atoms with Crippen LogP contribution >= 0.6 is 0 Å². The first kappa shape index (κ1) is 32.7. The lowest BCUT2D eigenvalue weighted by Gasteiger charge is -2.39. The number of nitrogens with one attached hydrogen (secondary N) is 3. The van der Waals surface area contributed by atoms with Crippen molar-refractivity contribution < 1.29 is 27.5 Å². The van der Waals surface area contributed by atoms with Crippen molar-refractivity contribution in [2.75, 3.05) is 58.7 Å². The van der Waals surface area contributed by atoms with Gasteiger partial charge in [-0.2, -0.15) is 13.2 Å². The van der Waals surface area contributed by atoms with Gasteiger partial charge in [0.25, 0.3) is 5.91 Å². The van der Waals surface area contributed by atoms with E-state index in [0.717, 1.165) is 27.9 Å². The first-order chi connectivity index (χ1) is 21.4. The molecule has 2 amide bonds. The van der Waals surface area contributed by atoms with Gasteiger partial charge in [0.1, 0.15) is 5.82 Å². The van der Waals surface area contributed by atoms with Gasteiger partial charge in [-0.3, -0.25) is 19.4 Å². The molecule has 2 saturated heterocycles. The van der Waals surface area contributed by atoms with E-state index in [1.807, 2.05) is 51.2 Å². The van der Waals surface area contributed by atoms with Gasteiger partial charge in [0, 0.05) is 88.2 Å². The molecule has 3 unspecified atom stereocenters. The second kappa shape index (κ2) is 13.4. The topological polar surface area (TPSA) is 103 Å². The molecule has 244 valence electrons. The van der Waals surface area contributed by atoms with Crippen LogP contribution in [-0.2, 0) is 9.53 Å². The summed E-state index contributed by atoms with van der Waals surface area (Å²) in [5.74, 6) is -0.280. The maximum Gasteiger partial charge on any atom is 0.401 e. The molecule has 13 heteroatoms. The number of alkyl halides is 3. The van der Waals surface area contributed by atoms with Gasteiger partial charge in [0.05, 0.1) is 24.1 Å². The van der Waals surface area contributed by atoms with Crippen molar-refractivity contribution in [2.24, 2.45) is 5.92 Å². The normalized spacial score (nSPS) is 22.3. The zero-order valence-corrected chi connectivity index (χ0v) is 26.4. The third-order valence-electron chi connectivity index (χ3n) is 9.12. The van der Waals surface area contributed by atoms with Gasteiger partial charge in [0.15, 0.2) is 0 Å². The molecule has 2 aliphatic rings. The number of carbonyl (C=O) groups is 2. The SMILES string of the molecule is CNc1cc(-c2ccn3c([C@H](C)N4CCN(CC(F)(F)F)CC4)c(C)c(C(=O)NCC4C(=O)NC(C)CC4OC)cc23)ccn1. The Morgan fingerprint density at radius 2 is 1.93 bits per heavy atom. The van der Waals surface area contributed by atoms with Gasteiger partial charge in [-0.15, -0.1) is 0 Å². The van der Waals surface area contributed by atoms with Crippen LogP contribution in [0.15, 0.2) is 36.7 Å². The van der Waals surface area contributed by atoms with Crippen molar-refractivity contribution in [3.63, 3.8) is 0 Å². The predicted octanol–water partition coefficient (Wildman–Crippen LogP) is 3.86. The number of aromatic nitrogens is 2. The highest BCUT2D eigenvalue weighted by Crippen LogP contribution is 2.34. The second-order valence-electron chi connectivity index (χ2n) is 12.1. The Bertz CT molecular complexity index is 1530. The van der Waals surface area contributed by atoms with Crippen molar-refractivity contribution in [3.8, 4) is 11.1 Å². The number of nitrogens with zero attached hydrogens (tertiary/aromatic N) is 4. The lowest BCUT2D eigenvalue weighted by molar-refractivity contribution is -0.149. The molecule has 3 aromatic rings. The molecule has 0 bridgehead atoms. The van der Waals surface area contributed by atoms with Crippen LogP contribution in [-0.4, -0.2) is 103 Å². The van der Waals surface area contributed by atoms with Crippen molar-refractivity contribution in [1.82, 2.24) is 29.8 Å². The van der Waals surface area contributed by atoms with E-state index in [-0.39, 0.29) is 36.5 Å². The molecule has 10 nitrogen and oxygen atoms in total. The summed E-state index contributed by atoms with van der Waals surface area (Å²) in [5, 5.41) is 9.00. The first-order valence-corrected chi connectivity index (χ1v) is 15.3. The van der Waals surface area contributed by atoms with Crippen LogP contribution in [0.4, 0.5) is 19.0 Å². The maximum absolute atomic E-state index is 13.9. The minimum absolute atomic E-state index is 0.0113. The lowest BCUT2D eigenvalue weighted by atomic mass is 9.91. The maximum atomic E-state index is 13.9. The number of halogens is 3. The predicted molar refractivity (Wildman–Crippen MR) is 166 cm³/mol. The summed E-state index contributed by atoms with van der Waals surface area (Å²) >= 11 is 0. The van der Waals surface area contributed by atoms with E-state index < -0.39 is 18.6 Å². The van der Waals surface area contributed by atoms with E-state index in [1.54, 1.807) is 20.4 Å². The summed E-state index contributed by atoms with van der Waals surface area (Å²) in [5.41, 5.74) is 4.77. The van der Waals surface area contributed by atoms with Crippen molar-refractivity contribution in [3.05, 3.63) is 53.5 Å².